The molecule has 1 aliphatic heterocycles. The number of nitrogens with zero attached hydrogens (tertiary/aromatic N) is 4. The standard InChI is InChI=1S/C25H28ClN7OS/c1-14-15(2)35-25-22(14)23(17-5-7-18(26)8-6-17)31-20(24(28)33(25)16(3)27)11-21(34)29-10-9-19-12-32(4)13-30-19/h5-8,12-13,20,27-28H,9-11H2,1-4H3,(H,29,34). The highest BCUT2D eigenvalue weighted by molar-refractivity contribution is 7.17. The van der Waals surface area contributed by atoms with E-state index in [-0.39, 0.29) is 24.0 Å². The minimum atomic E-state index is -0.741. The first kappa shape index (κ1) is 24.8. The van der Waals surface area contributed by atoms with Crippen LogP contribution in [-0.2, 0) is 18.3 Å². The predicted octanol–water partition coefficient (Wildman–Crippen LogP) is 4.50. The molecule has 1 aliphatic rings. The van der Waals surface area contributed by atoms with E-state index >= 15 is 0 Å². The first-order chi connectivity index (χ1) is 16.7. The van der Waals surface area contributed by atoms with Crippen LogP contribution in [0.5, 0.6) is 0 Å². The minimum Gasteiger partial charge on any atom is -0.356 e. The number of amidine groups is 2. The zero-order valence-corrected chi connectivity index (χ0v) is 21.7. The van der Waals surface area contributed by atoms with Gasteiger partial charge < -0.3 is 9.88 Å². The van der Waals surface area contributed by atoms with Crippen LogP contribution < -0.4 is 10.2 Å². The average Bonchev–Trinajstić information content (AvgIpc) is 3.30. The Balaban J connectivity index is 1.67. The number of amides is 1. The number of benzene rings is 1. The summed E-state index contributed by atoms with van der Waals surface area (Å²) in [5.74, 6) is 0.130. The van der Waals surface area contributed by atoms with Crippen LogP contribution >= 0.6 is 22.9 Å². The molecule has 3 aromatic rings. The van der Waals surface area contributed by atoms with E-state index in [1.807, 2.05) is 55.9 Å². The molecule has 3 heterocycles. The molecule has 1 aromatic carbocycles. The minimum absolute atomic E-state index is 0.00882. The van der Waals surface area contributed by atoms with E-state index in [1.54, 1.807) is 18.2 Å². The SMILES string of the molecule is CC(=N)N1C(=N)C(CC(=O)NCCc2cn(C)cn2)N=C(c2ccc(Cl)cc2)c2c1sc(C)c2C. The van der Waals surface area contributed by atoms with Gasteiger partial charge in [0.25, 0.3) is 0 Å². The van der Waals surface area contributed by atoms with Crippen molar-refractivity contribution in [3.8, 4) is 0 Å². The second kappa shape index (κ2) is 10.1. The quantitative estimate of drug-likeness (QED) is 0.336. The number of aryl methyl sites for hydroxylation is 2. The molecule has 10 heteroatoms. The van der Waals surface area contributed by atoms with Crippen molar-refractivity contribution in [1.29, 1.82) is 10.8 Å². The van der Waals surface area contributed by atoms with Crippen molar-refractivity contribution < 1.29 is 4.79 Å². The number of aliphatic imine (C=N–C) groups is 1. The van der Waals surface area contributed by atoms with Crippen molar-refractivity contribution in [3.63, 3.8) is 0 Å². The van der Waals surface area contributed by atoms with Crippen LogP contribution in [0.15, 0.2) is 41.8 Å². The number of hydrogen-bond acceptors (Lipinski definition) is 6. The molecule has 0 fully saturated rings. The summed E-state index contributed by atoms with van der Waals surface area (Å²) < 4.78 is 1.87. The number of thiophene rings is 1. The van der Waals surface area contributed by atoms with Crippen molar-refractivity contribution in [2.75, 3.05) is 11.4 Å². The third-order valence-electron chi connectivity index (χ3n) is 5.94. The first-order valence-corrected chi connectivity index (χ1v) is 12.5. The molecular formula is C25H28ClN7OS. The highest BCUT2D eigenvalue weighted by atomic mass is 35.5. The third kappa shape index (κ3) is 5.21. The average molecular weight is 510 g/mol. The molecule has 0 spiro atoms. The Labute approximate surface area is 213 Å². The number of hydrogen-bond donors (Lipinski definition) is 3. The maximum Gasteiger partial charge on any atom is 0.222 e. The molecule has 0 aliphatic carbocycles. The van der Waals surface area contributed by atoms with Gasteiger partial charge in [-0.2, -0.15) is 0 Å². The highest BCUT2D eigenvalue weighted by Gasteiger charge is 2.34. The summed E-state index contributed by atoms with van der Waals surface area (Å²) in [7, 11) is 1.90. The van der Waals surface area contributed by atoms with Crippen LogP contribution in [0.2, 0.25) is 5.02 Å². The number of imidazole rings is 1. The Morgan fingerprint density at radius 3 is 2.60 bits per heavy atom. The van der Waals surface area contributed by atoms with Crippen LogP contribution in [0.1, 0.15) is 40.6 Å². The lowest BCUT2D eigenvalue weighted by Crippen LogP contribution is -2.42. The summed E-state index contributed by atoms with van der Waals surface area (Å²) in [5.41, 5.74) is 4.41. The van der Waals surface area contributed by atoms with Gasteiger partial charge in [0.1, 0.15) is 22.7 Å². The fourth-order valence-corrected chi connectivity index (χ4v) is 5.41. The molecule has 1 amide bonds. The highest BCUT2D eigenvalue weighted by Crippen LogP contribution is 2.40. The van der Waals surface area contributed by atoms with E-state index in [4.69, 9.17) is 27.4 Å². The van der Waals surface area contributed by atoms with E-state index in [1.165, 1.54) is 11.3 Å². The van der Waals surface area contributed by atoms with Gasteiger partial charge in [0, 0.05) is 47.2 Å². The van der Waals surface area contributed by atoms with Crippen LogP contribution in [0.3, 0.4) is 0 Å². The number of carbonyl (C=O) groups excluding carboxylic acids is 1. The number of carbonyl (C=O) groups is 1. The van der Waals surface area contributed by atoms with Crippen LogP contribution in [0.4, 0.5) is 5.00 Å². The van der Waals surface area contributed by atoms with Gasteiger partial charge >= 0.3 is 0 Å². The van der Waals surface area contributed by atoms with E-state index in [2.05, 4.69) is 10.3 Å². The van der Waals surface area contributed by atoms with Gasteiger partial charge in [-0.05, 0) is 38.5 Å². The molecule has 0 radical (unpaired) electrons. The molecule has 8 nitrogen and oxygen atoms in total. The van der Waals surface area contributed by atoms with Crippen molar-refractivity contribution in [3.05, 3.63) is 69.1 Å². The Bertz CT molecular complexity index is 1320. The predicted molar refractivity (Wildman–Crippen MR) is 143 cm³/mol. The summed E-state index contributed by atoms with van der Waals surface area (Å²) >= 11 is 7.67. The Hall–Kier alpha value is -3.30. The summed E-state index contributed by atoms with van der Waals surface area (Å²) in [6.45, 7) is 6.16. The number of fused-ring (bicyclic) bond motifs is 1. The molecule has 4 rings (SSSR count). The maximum absolute atomic E-state index is 12.9. The third-order valence-corrected chi connectivity index (χ3v) is 7.39. The molecule has 2 aromatic heterocycles. The van der Waals surface area contributed by atoms with Crippen LogP contribution in [0.25, 0.3) is 0 Å². The topological polar surface area (TPSA) is 110 Å². The lowest BCUT2D eigenvalue weighted by Gasteiger charge is -2.24. The van der Waals surface area contributed by atoms with Crippen LogP contribution in [0, 0.1) is 24.7 Å². The molecule has 0 saturated carbocycles. The zero-order chi connectivity index (χ0) is 25.3. The normalized spacial score (nSPS) is 15.5. The van der Waals surface area contributed by atoms with Crippen molar-refractivity contribution in [2.45, 2.75) is 39.7 Å². The number of nitrogens with one attached hydrogen (secondary N) is 3. The maximum atomic E-state index is 12.9. The summed E-state index contributed by atoms with van der Waals surface area (Å²) in [4.78, 5) is 24.8. The fourth-order valence-electron chi connectivity index (χ4n) is 4.06. The van der Waals surface area contributed by atoms with Gasteiger partial charge in [0.15, 0.2) is 0 Å². The molecule has 0 bridgehead atoms. The van der Waals surface area contributed by atoms with Gasteiger partial charge in [-0.1, -0.05) is 23.7 Å². The number of halogens is 1. The van der Waals surface area contributed by atoms with E-state index < -0.39 is 6.04 Å². The first-order valence-electron chi connectivity index (χ1n) is 11.3. The number of rotatable bonds is 6. The molecule has 1 unspecified atom stereocenters. The lowest BCUT2D eigenvalue weighted by molar-refractivity contribution is -0.121. The number of anilines is 1. The van der Waals surface area contributed by atoms with Crippen molar-refractivity contribution in [1.82, 2.24) is 14.9 Å². The molecule has 35 heavy (non-hydrogen) atoms. The fraction of sp³-hybridized carbons (Fsp3) is 0.320. The Morgan fingerprint density at radius 2 is 1.97 bits per heavy atom. The number of aromatic nitrogens is 2. The second-order valence-corrected chi connectivity index (χ2v) is 10.2. The Kier molecular flexibility index (Phi) is 7.18. The van der Waals surface area contributed by atoms with E-state index in [9.17, 15) is 4.79 Å². The van der Waals surface area contributed by atoms with Gasteiger partial charge in [0.05, 0.1) is 24.2 Å². The molecular weight excluding hydrogens is 482 g/mol. The molecule has 0 saturated heterocycles. The largest absolute Gasteiger partial charge is 0.356 e. The monoisotopic (exact) mass is 509 g/mol. The van der Waals surface area contributed by atoms with Gasteiger partial charge in [0.2, 0.25) is 5.91 Å². The van der Waals surface area contributed by atoms with E-state index in [0.29, 0.717) is 23.7 Å². The van der Waals surface area contributed by atoms with Crippen molar-refractivity contribution in [2.24, 2.45) is 12.0 Å². The molecule has 3 N–H and O–H groups in total. The van der Waals surface area contributed by atoms with E-state index in [0.717, 1.165) is 32.3 Å². The molecule has 182 valence electrons. The van der Waals surface area contributed by atoms with Crippen molar-refractivity contribution >= 4 is 51.2 Å². The zero-order valence-electron chi connectivity index (χ0n) is 20.1. The molecule has 1 atom stereocenters. The van der Waals surface area contributed by atoms with Gasteiger partial charge in [-0.3, -0.25) is 25.5 Å². The van der Waals surface area contributed by atoms with Gasteiger partial charge in [-0.15, -0.1) is 11.3 Å². The van der Waals surface area contributed by atoms with Gasteiger partial charge in [-0.25, -0.2) is 4.98 Å². The second-order valence-electron chi connectivity index (χ2n) is 8.60. The summed E-state index contributed by atoms with van der Waals surface area (Å²) in [6.07, 6.45) is 4.28. The Morgan fingerprint density at radius 1 is 1.26 bits per heavy atom. The lowest BCUT2D eigenvalue weighted by atomic mass is 9.99. The summed E-state index contributed by atoms with van der Waals surface area (Å²) in [5, 5.41) is 21.7. The smallest absolute Gasteiger partial charge is 0.222 e. The summed E-state index contributed by atoms with van der Waals surface area (Å²) in [6, 6.07) is 6.68. The van der Waals surface area contributed by atoms with Crippen LogP contribution in [-0.4, -0.2) is 45.4 Å².